The van der Waals surface area contributed by atoms with E-state index < -0.39 is 30.3 Å². The first-order valence-electron chi connectivity index (χ1n) is 15.1. The van der Waals surface area contributed by atoms with Crippen LogP contribution in [0.15, 0.2) is 11.6 Å². The SMILES string of the molecule is [2H]C1=C2C([2H])([2H])[C@@]([2H])(O)C([2H])([2H])C[C@]2(C)[C@H]2CC[C@]3(C)[C@@H]([C@H](C)CCCC(C)C)CC[C@H]3[C@@H]2[C@@H]1O. The predicted molar refractivity (Wildman–Crippen MR) is 120 cm³/mol. The molecular weight excluding hydrogens is 356 g/mol. The second-order valence-electron chi connectivity index (χ2n) is 11.5. The molecule has 3 saturated carbocycles. The molecule has 2 N–H and O–H groups in total. The van der Waals surface area contributed by atoms with Gasteiger partial charge in [-0.25, -0.2) is 0 Å². The van der Waals surface area contributed by atoms with Gasteiger partial charge in [0, 0.05) is 5.48 Å². The molecule has 0 radical (unpaired) electrons. The molecule has 29 heavy (non-hydrogen) atoms. The maximum atomic E-state index is 11.5. The molecule has 3 fully saturated rings. The number of fused-ring (bicyclic) bond motifs is 5. The molecule has 0 aromatic carbocycles. The van der Waals surface area contributed by atoms with Crippen LogP contribution in [0.1, 0.15) is 107 Å². The van der Waals surface area contributed by atoms with Gasteiger partial charge in [0.05, 0.1) is 14.9 Å². The van der Waals surface area contributed by atoms with Crippen LogP contribution < -0.4 is 0 Å². The summed E-state index contributed by atoms with van der Waals surface area (Å²) in [6.45, 7) is 11.1. The van der Waals surface area contributed by atoms with E-state index in [0.29, 0.717) is 17.8 Å². The lowest BCUT2D eigenvalue weighted by Crippen LogP contribution is -2.54. The highest BCUT2D eigenvalue weighted by Gasteiger charge is 2.61. The lowest BCUT2D eigenvalue weighted by Gasteiger charge is -2.59. The zero-order chi connectivity index (χ0) is 26.4. The quantitative estimate of drug-likeness (QED) is 0.520. The lowest BCUT2D eigenvalue weighted by atomic mass is 9.46. The Balaban J connectivity index is 1.70. The largest absolute Gasteiger partial charge is 0.393 e. The minimum absolute atomic E-state index is 0.0495. The zero-order valence-corrected chi connectivity index (χ0v) is 19.1. The molecule has 0 aromatic heterocycles. The van der Waals surface area contributed by atoms with Crippen molar-refractivity contribution in [2.24, 2.45) is 46.3 Å². The molecular formula is C27H46O2. The first-order valence-corrected chi connectivity index (χ1v) is 12.1. The summed E-state index contributed by atoms with van der Waals surface area (Å²) in [7, 11) is 0. The van der Waals surface area contributed by atoms with E-state index in [1.54, 1.807) is 0 Å². The van der Waals surface area contributed by atoms with E-state index >= 15 is 0 Å². The fourth-order valence-corrected chi connectivity index (χ4v) is 7.83. The fraction of sp³-hybridized carbons (Fsp3) is 0.926. The predicted octanol–water partition coefficient (Wildman–Crippen LogP) is 6.36. The Labute approximate surface area is 188 Å². The number of aliphatic hydroxyl groups is 2. The van der Waals surface area contributed by atoms with E-state index in [9.17, 15) is 10.2 Å². The third-order valence-corrected chi connectivity index (χ3v) is 9.45. The molecule has 4 aliphatic carbocycles. The van der Waals surface area contributed by atoms with Gasteiger partial charge < -0.3 is 10.2 Å². The molecule has 0 saturated heterocycles. The summed E-state index contributed by atoms with van der Waals surface area (Å²) in [4.78, 5) is 0. The second-order valence-corrected chi connectivity index (χ2v) is 11.5. The van der Waals surface area contributed by atoms with Crippen LogP contribution in [-0.2, 0) is 0 Å². The van der Waals surface area contributed by atoms with Crippen LogP contribution in [0.25, 0.3) is 0 Å². The summed E-state index contributed by atoms with van der Waals surface area (Å²) in [6, 6.07) is -0.224. The van der Waals surface area contributed by atoms with Gasteiger partial charge in [-0.2, -0.15) is 0 Å². The monoisotopic (exact) mass is 408 g/mol. The molecule has 0 aromatic rings. The number of aliphatic hydroxyl groups excluding tert-OH is 1. The molecule has 0 spiro atoms. The first kappa shape index (κ1) is 15.5. The molecule has 0 amide bonds. The molecule has 0 heterocycles. The highest BCUT2D eigenvalue weighted by Crippen LogP contribution is 2.67. The Kier molecular flexibility index (Phi) is 4.25. The van der Waals surface area contributed by atoms with Gasteiger partial charge in [-0.1, -0.05) is 65.5 Å². The van der Waals surface area contributed by atoms with Crippen molar-refractivity contribution in [1.29, 1.82) is 0 Å². The van der Waals surface area contributed by atoms with Crippen molar-refractivity contribution < 1.29 is 18.4 Å². The van der Waals surface area contributed by atoms with E-state index in [1.807, 2.05) is 6.92 Å². The van der Waals surface area contributed by atoms with Crippen molar-refractivity contribution >= 4 is 0 Å². The summed E-state index contributed by atoms with van der Waals surface area (Å²) >= 11 is 0. The van der Waals surface area contributed by atoms with E-state index in [4.69, 9.17) is 8.22 Å². The van der Waals surface area contributed by atoms with Gasteiger partial charge in [-0.05, 0) is 91.2 Å². The zero-order valence-electron chi connectivity index (χ0n) is 25.1. The Morgan fingerprint density at radius 3 is 2.62 bits per heavy atom. The minimum atomic E-state index is -3.01. The highest BCUT2D eigenvalue weighted by atomic mass is 16.3. The molecule has 166 valence electrons. The van der Waals surface area contributed by atoms with Crippen LogP contribution in [0, 0.1) is 46.3 Å². The second kappa shape index (κ2) is 7.97. The maximum Gasteiger partial charge on any atom is 0.0757 e. The van der Waals surface area contributed by atoms with Gasteiger partial charge >= 0.3 is 0 Å². The number of hydrogen-bond donors (Lipinski definition) is 2. The van der Waals surface area contributed by atoms with E-state index in [0.717, 1.165) is 25.7 Å². The van der Waals surface area contributed by atoms with Crippen LogP contribution in [0.4, 0.5) is 0 Å². The molecule has 4 rings (SSSR count). The Bertz CT molecular complexity index is 870. The molecule has 0 bridgehead atoms. The smallest absolute Gasteiger partial charge is 0.0757 e. The minimum Gasteiger partial charge on any atom is -0.393 e. The van der Waals surface area contributed by atoms with Crippen molar-refractivity contribution in [3.05, 3.63) is 11.6 Å². The molecule has 2 heteroatoms. The van der Waals surface area contributed by atoms with Crippen LogP contribution in [0.2, 0.25) is 0 Å². The van der Waals surface area contributed by atoms with Gasteiger partial charge in [0.15, 0.2) is 0 Å². The number of rotatable bonds is 5. The summed E-state index contributed by atoms with van der Waals surface area (Å²) in [5, 5.41) is 22.2. The average molecular weight is 409 g/mol. The van der Waals surface area contributed by atoms with Crippen LogP contribution >= 0.6 is 0 Å². The van der Waals surface area contributed by atoms with Crippen molar-refractivity contribution in [3.8, 4) is 0 Å². The Morgan fingerprint density at radius 2 is 1.90 bits per heavy atom. The third kappa shape index (κ3) is 3.65. The first-order chi connectivity index (χ1) is 15.9. The Hall–Kier alpha value is -0.340. The summed E-state index contributed by atoms with van der Waals surface area (Å²) in [5.74, 6) is 1.68. The van der Waals surface area contributed by atoms with Crippen molar-refractivity contribution in [2.45, 2.75) is 111 Å². The van der Waals surface area contributed by atoms with Gasteiger partial charge in [-0.3, -0.25) is 0 Å². The third-order valence-electron chi connectivity index (χ3n) is 9.45. The normalized spacial score (nSPS) is 57.3. The highest BCUT2D eigenvalue weighted by molar-refractivity contribution is 5.27. The summed E-state index contributed by atoms with van der Waals surface area (Å²) < 4.78 is 51.3. The molecule has 0 aliphatic heterocycles. The van der Waals surface area contributed by atoms with E-state index in [2.05, 4.69) is 27.7 Å². The summed E-state index contributed by atoms with van der Waals surface area (Å²) in [5.41, 5.74) is -1.01. The topological polar surface area (TPSA) is 40.5 Å². The molecule has 4 aliphatic rings. The molecule has 9 atom stereocenters. The van der Waals surface area contributed by atoms with Gasteiger partial charge in [0.2, 0.25) is 0 Å². The average Bonchev–Trinajstić information content (AvgIpc) is 3.06. The number of hydrogen-bond acceptors (Lipinski definition) is 2. The van der Waals surface area contributed by atoms with Crippen LogP contribution in [0.5, 0.6) is 0 Å². The van der Waals surface area contributed by atoms with Crippen molar-refractivity contribution in [2.75, 3.05) is 0 Å². The standard InChI is InChI=1S/C27H46O2/c1-17(2)7-6-8-18(3)21-9-10-22-25-23(12-14-27(21,22)5)26(4)13-11-20(28)15-19(26)16-24(25)29/h16-18,20-25,28-29H,6-15H2,1-5H3/t18-,20+,21-,22+,23+,24-,25+,26+,27-/m1/s1/i11D2,15D2,16D,20D. The van der Waals surface area contributed by atoms with Crippen LogP contribution in [0.3, 0.4) is 0 Å². The fourth-order valence-electron chi connectivity index (χ4n) is 7.83. The summed E-state index contributed by atoms with van der Waals surface area (Å²) in [6.07, 6.45) is -2.12. The molecule has 2 nitrogen and oxygen atoms in total. The maximum absolute atomic E-state index is 11.5. The van der Waals surface area contributed by atoms with Gasteiger partial charge in [0.25, 0.3) is 0 Å². The lowest BCUT2D eigenvalue weighted by molar-refractivity contribution is -0.0970. The molecule has 0 unspecified atom stereocenters. The van der Waals surface area contributed by atoms with E-state index in [-0.39, 0.29) is 41.2 Å². The van der Waals surface area contributed by atoms with Crippen LogP contribution in [-0.4, -0.2) is 22.4 Å². The Morgan fingerprint density at radius 1 is 1.14 bits per heavy atom. The van der Waals surface area contributed by atoms with Crippen molar-refractivity contribution in [3.63, 3.8) is 0 Å². The van der Waals surface area contributed by atoms with Gasteiger partial charge in [-0.15, -0.1) is 0 Å². The van der Waals surface area contributed by atoms with E-state index in [1.165, 1.54) is 19.3 Å². The van der Waals surface area contributed by atoms with Gasteiger partial charge in [0.1, 0.15) is 0 Å². The van der Waals surface area contributed by atoms with Crippen molar-refractivity contribution in [1.82, 2.24) is 0 Å².